The highest BCUT2D eigenvalue weighted by atomic mass is 16.3. The fourth-order valence-corrected chi connectivity index (χ4v) is 5.23. The maximum absolute atomic E-state index is 6.74. The molecule has 0 unspecified atom stereocenters. The van der Waals surface area contributed by atoms with Crippen LogP contribution in [0.4, 0.5) is 17.1 Å². The number of fused-ring (bicyclic) bond motifs is 5. The molecule has 2 nitrogen and oxygen atoms in total. The van der Waals surface area contributed by atoms with Crippen LogP contribution in [0, 0.1) is 0 Å². The summed E-state index contributed by atoms with van der Waals surface area (Å²) in [5.41, 5.74) is 7.26. The predicted octanol–water partition coefficient (Wildman–Crippen LogP) is 9.88. The number of nitrogens with zero attached hydrogens (tertiary/aromatic N) is 1. The number of furan rings is 1. The highest BCUT2D eigenvalue weighted by Gasteiger charge is 2.24. The van der Waals surface area contributed by atoms with Crippen molar-refractivity contribution in [1.29, 1.82) is 0 Å². The number of rotatable bonds is 4. The highest BCUT2D eigenvalue weighted by Crippen LogP contribution is 2.48. The van der Waals surface area contributed by atoms with Crippen molar-refractivity contribution in [3.63, 3.8) is 0 Å². The first-order valence-corrected chi connectivity index (χ1v) is 12.2. The van der Waals surface area contributed by atoms with Gasteiger partial charge in [-0.3, -0.25) is 0 Å². The van der Waals surface area contributed by atoms with Gasteiger partial charge in [0, 0.05) is 27.7 Å². The van der Waals surface area contributed by atoms with E-state index < -0.39 is 0 Å². The van der Waals surface area contributed by atoms with Crippen LogP contribution >= 0.6 is 0 Å². The van der Waals surface area contributed by atoms with Crippen molar-refractivity contribution in [2.45, 2.75) is 0 Å². The summed E-state index contributed by atoms with van der Waals surface area (Å²) in [7, 11) is 0. The van der Waals surface area contributed by atoms with Crippen LogP contribution in [-0.4, -0.2) is 0 Å². The Labute approximate surface area is 209 Å². The molecular weight excluding hydrogens is 438 g/mol. The highest BCUT2D eigenvalue weighted by molar-refractivity contribution is 6.22. The lowest BCUT2D eigenvalue weighted by atomic mass is 9.98. The normalized spacial score (nSPS) is 11.3. The van der Waals surface area contributed by atoms with E-state index >= 15 is 0 Å². The Kier molecular flexibility index (Phi) is 4.82. The van der Waals surface area contributed by atoms with Crippen LogP contribution in [0.2, 0.25) is 0 Å². The van der Waals surface area contributed by atoms with Crippen LogP contribution in [0.25, 0.3) is 43.8 Å². The molecule has 0 radical (unpaired) electrons. The summed E-state index contributed by atoms with van der Waals surface area (Å²) < 4.78 is 6.74. The van der Waals surface area contributed by atoms with Gasteiger partial charge < -0.3 is 9.32 Å². The Balaban J connectivity index is 1.64. The van der Waals surface area contributed by atoms with E-state index in [2.05, 4.69) is 144 Å². The van der Waals surface area contributed by atoms with Crippen molar-refractivity contribution in [3.05, 3.63) is 140 Å². The summed E-state index contributed by atoms with van der Waals surface area (Å²) in [5.74, 6) is 0. The van der Waals surface area contributed by atoms with Crippen molar-refractivity contribution < 1.29 is 4.42 Å². The third-order valence-corrected chi connectivity index (χ3v) is 6.84. The van der Waals surface area contributed by atoms with E-state index in [-0.39, 0.29) is 0 Å². The summed E-state index contributed by atoms with van der Waals surface area (Å²) in [6.07, 6.45) is 0. The van der Waals surface area contributed by atoms with E-state index in [0.29, 0.717) is 0 Å². The van der Waals surface area contributed by atoms with Crippen LogP contribution in [-0.2, 0) is 0 Å². The van der Waals surface area contributed by atoms with Gasteiger partial charge in [0.1, 0.15) is 5.58 Å². The largest absolute Gasteiger partial charge is 0.454 e. The number of hydrogen-bond acceptors (Lipinski definition) is 2. The number of para-hydroxylation sites is 2. The van der Waals surface area contributed by atoms with Gasteiger partial charge >= 0.3 is 0 Å². The number of benzene rings is 6. The molecular formula is C34H23NO. The molecule has 0 aliphatic rings. The van der Waals surface area contributed by atoms with Gasteiger partial charge in [0.25, 0.3) is 0 Å². The summed E-state index contributed by atoms with van der Waals surface area (Å²) in [6, 6.07) is 48.8. The van der Waals surface area contributed by atoms with Gasteiger partial charge in [0.15, 0.2) is 5.58 Å². The van der Waals surface area contributed by atoms with Crippen LogP contribution in [0.5, 0.6) is 0 Å². The maximum atomic E-state index is 6.74. The van der Waals surface area contributed by atoms with Crippen LogP contribution in [0.3, 0.4) is 0 Å². The van der Waals surface area contributed by atoms with E-state index in [9.17, 15) is 0 Å². The Bertz CT molecular complexity index is 1780. The average Bonchev–Trinajstić information content (AvgIpc) is 3.35. The molecule has 0 N–H and O–H groups in total. The topological polar surface area (TPSA) is 16.4 Å². The van der Waals surface area contributed by atoms with Crippen LogP contribution in [0.1, 0.15) is 0 Å². The Morgan fingerprint density at radius 2 is 1.08 bits per heavy atom. The van der Waals surface area contributed by atoms with Gasteiger partial charge in [0.2, 0.25) is 0 Å². The van der Waals surface area contributed by atoms with Crippen molar-refractivity contribution >= 4 is 49.8 Å². The zero-order valence-electron chi connectivity index (χ0n) is 19.6. The third-order valence-electron chi connectivity index (χ3n) is 6.84. The monoisotopic (exact) mass is 461 g/mol. The molecule has 0 saturated carbocycles. The molecule has 0 spiro atoms. The lowest BCUT2D eigenvalue weighted by Crippen LogP contribution is -2.11. The zero-order valence-corrected chi connectivity index (χ0v) is 19.6. The quantitative estimate of drug-likeness (QED) is 0.259. The Morgan fingerprint density at radius 1 is 0.472 bits per heavy atom. The molecule has 0 amide bonds. The minimum Gasteiger partial charge on any atom is -0.454 e. The number of hydrogen-bond donors (Lipinski definition) is 0. The van der Waals surface area contributed by atoms with Crippen LogP contribution < -0.4 is 4.90 Å². The maximum Gasteiger partial charge on any atom is 0.160 e. The molecule has 7 rings (SSSR count). The number of anilines is 3. The first-order chi connectivity index (χ1) is 17.9. The first kappa shape index (κ1) is 20.5. The predicted molar refractivity (Wildman–Crippen MR) is 151 cm³/mol. The van der Waals surface area contributed by atoms with E-state index in [1.165, 1.54) is 10.8 Å². The van der Waals surface area contributed by atoms with Crippen molar-refractivity contribution in [3.8, 4) is 11.1 Å². The molecule has 1 aromatic heterocycles. The van der Waals surface area contributed by atoms with E-state index in [4.69, 9.17) is 4.42 Å². The van der Waals surface area contributed by atoms with Gasteiger partial charge in [-0.05, 0) is 52.7 Å². The molecule has 0 atom stereocenters. The lowest BCUT2D eigenvalue weighted by molar-refractivity contribution is 0.669. The molecule has 0 aliphatic carbocycles. The zero-order chi connectivity index (χ0) is 23.9. The van der Waals surface area contributed by atoms with Crippen molar-refractivity contribution in [1.82, 2.24) is 0 Å². The van der Waals surface area contributed by atoms with Gasteiger partial charge in [-0.2, -0.15) is 0 Å². The summed E-state index contributed by atoms with van der Waals surface area (Å²) >= 11 is 0. The SMILES string of the molecule is c1ccc(-c2ccc3c(oc4ccc5ccccc5c43)c2N(c2ccccc2)c2ccccc2)cc1. The van der Waals surface area contributed by atoms with Gasteiger partial charge in [0.05, 0.1) is 5.69 Å². The van der Waals surface area contributed by atoms with E-state index in [0.717, 1.165) is 50.1 Å². The molecule has 7 aromatic rings. The van der Waals surface area contributed by atoms with Gasteiger partial charge in [-0.15, -0.1) is 0 Å². The second kappa shape index (κ2) is 8.44. The fraction of sp³-hybridized carbons (Fsp3) is 0. The fourth-order valence-electron chi connectivity index (χ4n) is 5.23. The summed E-state index contributed by atoms with van der Waals surface area (Å²) in [4.78, 5) is 2.31. The first-order valence-electron chi connectivity index (χ1n) is 12.2. The molecule has 0 aliphatic heterocycles. The summed E-state index contributed by atoms with van der Waals surface area (Å²) in [5, 5.41) is 4.70. The van der Waals surface area contributed by atoms with E-state index in [1.807, 2.05) is 0 Å². The Morgan fingerprint density at radius 3 is 1.78 bits per heavy atom. The molecule has 0 saturated heterocycles. The van der Waals surface area contributed by atoms with Gasteiger partial charge in [-0.1, -0.05) is 103 Å². The third kappa shape index (κ3) is 3.27. The molecule has 36 heavy (non-hydrogen) atoms. The lowest BCUT2D eigenvalue weighted by Gasteiger charge is -2.28. The second-order valence-corrected chi connectivity index (χ2v) is 8.97. The average molecular weight is 462 g/mol. The van der Waals surface area contributed by atoms with Crippen molar-refractivity contribution in [2.24, 2.45) is 0 Å². The van der Waals surface area contributed by atoms with E-state index in [1.54, 1.807) is 0 Å². The second-order valence-electron chi connectivity index (χ2n) is 8.97. The standard InChI is InChI=1S/C34H23NO/c1-4-12-24(13-5-1)29-21-22-30-32-28-19-11-10-14-25(28)20-23-31(32)36-34(30)33(29)35(26-15-6-2-7-16-26)27-17-8-3-9-18-27/h1-23H. The minimum atomic E-state index is 0.885. The van der Waals surface area contributed by atoms with Crippen LogP contribution in [0.15, 0.2) is 144 Å². The molecule has 6 aromatic carbocycles. The Hall–Kier alpha value is -4.82. The summed E-state index contributed by atoms with van der Waals surface area (Å²) in [6.45, 7) is 0. The van der Waals surface area contributed by atoms with Crippen molar-refractivity contribution in [2.75, 3.05) is 4.90 Å². The smallest absolute Gasteiger partial charge is 0.160 e. The molecule has 1 heterocycles. The van der Waals surface area contributed by atoms with Gasteiger partial charge in [-0.25, -0.2) is 0 Å². The molecule has 2 heteroatoms. The minimum absolute atomic E-state index is 0.885. The molecule has 0 fully saturated rings. The molecule has 170 valence electrons. The molecule has 0 bridgehead atoms.